The van der Waals surface area contributed by atoms with Gasteiger partial charge in [0.1, 0.15) is 6.61 Å². The van der Waals surface area contributed by atoms with Crippen molar-refractivity contribution in [3.63, 3.8) is 0 Å². The number of hydrogen-bond acceptors (Lipinski definition) is 5. The van der Waals surface area contributed by atoms with Crippen LogP contribution in [0.3, 0.4) is 0 Å². The molecule has 2 rings (SSSR count). The van der Waals surface area contributed by atoms with Gasteiger partial charge in [-0.15, -0.1) is 0 Å². The fourth-order valence-electron chi connectivity index (χ4n) is 1.80. The highest BCUT2D eigenvalue weighted by molar-refractivity contribution is 5.86. The molecule has 0 aromatic heterocycles. The summed E-state index contributed by atoms with van der Waals surface area (Å²) < 4.78 is 8.74. The Labute approximate surface area is 234 Å². The van der Waals surface area contributed by atoms with Crippen molar-refractivity contribution in [1.82, 2.24) is 0 Å². The summed E-state index contributed by atoms with van der Waals surface area (Å²) in [6, 6.07) is 21.9. The van der Waals surface area contributed by atoms with Crippen LogP contribution in [0.4, 0.5) is 0 Å². The van der Waals surface area contributed by atoms with Gasteiger partial charge in [0.15, 0.2) is 0 Å². The smallest absolute Gasteiger partial charge is 0.333 e. The van der Waals surface area contributed by atoms with E-state index in [2.05, 4.69) is 67.2 Å². The van der Waals surface area contributed by atoms with Gasteiger partial charge in [0, 0.05) is 17.7 Å². The number of hydrogen-bond donors (Lipinski definition) is 0. The monoisotopic (exact) mass is 525 g/mol. The minimum atomic E-state index is -0.394. The Hall–Kier alpha value is -5.21. The molecule has 0 atom stereocenters. The number of methoxy groups -OCH3 is 1. The van der Waals surface area contributed by atoms with Crippen LogP contribution in [0.2, 0.25) is 0 Å². The molecular weight excluding hydrogens is 486 g/mol. The molecular formula is C34H39NO4. The SMILES string of the molecule is C=CC#N.C=CC(=O)OC.C=CC=CC=Cc1ccccc1.C=CCOC(=O)C(=C)C.C=Cc1ccccc1. The molecule has 0 fully saturated rings. The first-order chi connectivity index (χ1) is 18.8. The Kier molecular flexibility index (Phi) is 30.3. The summed E-state index contributed by atoms with van der Waals surface area (Å²) in [4.78, 5) is 20.4. The van der Waals surface area contributed by atoms with Crippen LogP contribution in [0.5, 0.6) is 0 Å². The average molecular weight is 526 g/mol. The molecule has 0 heterocycles. The molecule has 204 valence electrons. The number of esters is 2. The topological polar surface area (TPSA) is 76.4 Å². The van der Waals surface area contributed by atoms with Crippen LogP contribution in [-0.4, -0.2) is 25.7 Å². The Morgan fingerprint density at radius 2 is 1.38 bits per heavy atom. The number of carbonyl (C=O) groups is 2. The number of ether oxygens (including phenoxy) is 2. The quantitative estimate of drug-likeness (QED) is 0.114. The Balaban J connectivity index is -0.000000434. The molecule has 0 aliphatic heterocycles. The molecule has 0 N–H and O–H groups in total. The minimum Gasteiger partial charge on any atom is -0.466 e. The van der Waals surface area contributed by atoms with Crippen LogP contribution in [0.25, 0.3) is 12.2 Å². The summed E-state index contributed by atoms with van der Waals surface area (Å²) in [7, 11) is 1.31. The number of rotatable bonds is 8. The van der Waals surface area contributed by atoms with E-state index >= 15 is 0 Å². The first kappa shape index (κ1) is 38.3. The van der Waals surface area contributed by atoms with E-state index in [4.69, 9.17) is 5.26 Å². The van der Waals surface area contributed by atoms with Crippen molar-refractivity contribution in [2.24, 2.45) is 0 Å². The van der Waals surface area contributed by atoms with E-state index in [-0.39, 0.29) is 12.6 Å². The van der Waals surface area contributed by atoms with Gasteiger partial charge in [0.2, 0.25) is 0 Å². The molecule has 0 amide bonds. The molecule has 2 aromatic carbocycles. The zero-order valence-corrected chi connectivity index (χ0v) is 23.0. The predicted octanol–water partition coefficient (Wildman–Crippen LogP) is 8.10. The molecule has 39 heavy (non-hydrogen) atoms. The molecule has 5 heteroatoms. The largest absolute Gasteiger partial charge is 0.466 e. The Morgan fingerprint density at radius 3 is 1.69 bits per heavy atom. The lowest BCUT2D eigenvalue weighted by molar-refractivity contribution is -0.137. The van der Waals surface area contributed by atoms with Crippen LogP contribution in [0.1, 0.15) is 18.1 Å². The molecule has 0 spiro atoms. The Bertz CT molecular complexity index is 1090. The molecule has 5 nitrogen and oxygen atoms in total. The number of nitrogens with zero attached hydrogens (tertiary/aromatic N) is 1. The predicted molar refractivity (Wildman–Crippen MR) is 165 cm³/mol. The summed E-state index contributed by atoms with van der Waals surface area (Å²) in [5, 5.41) is 7.51. The maximum Gasteiger partial charge on any atom is 0.333 e. The number of nitriles is 1. The summed E-state index contributed by atoms with van der Waals surface area (Å²) in [6.07, 6.45) is 15.3. The van der Waals surface area contributed by atoms with Crippen molar-refractivity contribution >= 4 is 24.1 Å². The number of benzene rings is 2. The van der Waals surface area contributed by atoms with Gasteiger partial charge in [0.05, 0.1) is 13.2 Å². The standard InChI is InChI=1S/C12H12.C8H8.C7H10O2.C4H6O2.C3H3N/c1-2-3-4-6-9-12-10-7-5-8-11-12;1-2-8-6-4-3-5-7-8;1-4-5-9-7(8)6(2)3;1-3-4(5)6-2;1-2-3-4/h2-11H,1H2;2-7H,1H2;4H,1-2,5H2,3H3;3H,1H2,2H3;2H,1H2. The molecule has 0 saturated heterocycles. The van der Waals surface area contributed by atoms with E-state index in [1.807, 2.05) is 72.8 Å². The highest BCUT2D eigenvalue weighted by atomic mass is 16.5. The second kappa shape index (κ2) is 30.8. The van der Waals surface area contributed by atoms with Gasteiger partial charge in [-0.2, -0.15) is 5.26 Å². The van der Waals surface area contributed by atoms with Crippen molar-refractivity contribution in [3.8, 4) is 6.07 Å². The van der Waals surface area contributed by atoms with Crippen LogP contribution >= 0.6 is 0 Å². The van der Waals surface area contributed by atoms with Gasteiger partial charge >= 0.3 is 11.9 Å². The highest BCUT2D eigenvalue weighted by Crippen LogP contribution is 2.00. The lowest BCUT2D eigenvalue weighted by Gasteiger charge is -1.97. The highest BCUT2D eigenvalue weighted by Gasteiger charge is 1.98. The molecule has 0 aliphatic carbocycles. The van der Waals surface area contributed by atoms with Crippen molar-refractivity contribution in [3.05, 3.63) is 159 Å². The first-order valence-electron chi connectivity index (χ1n) is 11.6. The van der Waals surface area contributed by atoms with Crippen LogP contribution < -0.4 is 0 Å². The van der Waals surface area contributed by atoms with E-state index in [9.17, 15) is 9.59 Å². The van der Waals surface area contributed by atoms with Crippen molar-refractivity contribution in [1.29, 1.82) is 5.26 Å². The molecule has 0 unspecified atom stereocenters. The lowest BCUT2D eigenvalue weighted by atomic mass is 10.2. The average Bonchev–Trinajstić information content (AvgIpc) is 2.99. The summed E-state index contributed by atoms with van der Waals surface area (Å²) >= 11 is 0. The van der Waals surface area contributed by atoms with E-state index in [1.165, 1.54) is 30.4 Å². The number of carbonyl (C=O) groups excluding carboxylic acids is 2. The summed E-state index contributed by atoms with van der Waals surface area (Å²) in [5.41, 5.74) is 2.80. The third-order valence-electron chi connectivity index (χ3n) is 3.62. The van der Waals surface area contributed by atoms with Crippen molar-refractivity contribution < 1.29 is 19.1 Å². The van der Waals surface area contributed by atoms with Gasteiger partial charge in [-0.3, -0.25) is 0 Å². The summed E-state index contributed by atoms with van der Waals surface area (Å²) in [5.74, 6) is -0.759. The lowest BCUT2D eigenvalue weighted by Crippen LogP contribution is -2.03. The van der Waals surface area contributed by atoms with Crippen LogP contribution in [0, 0.1) is 11.3 Å². The Morgan fingerprint density at radius 1 is 0.872 bits per heavy atom. The molecule has 0 saturated carbocycles. The van der Waals surface area contributed by atoms with Gasteiger partial charge in [-0.25, -0.2) is 9.59 Å². The molecule has 2 aromatic rings. The van der Waals surface area contributed by atoms with Gasteiger partial charge < -0.3 is 9.47 Å². The minimum absolute atomic E-state index is 0.256. The maximum atomic E-state index is 10.5. The molecule has 0 radical (unpaired) electrons. The zero-order valence-electron chi connectivity index (χ0n) is 23.0. The van der Waals surface area contributed by atoms with Crippen LogP contribution in [0.15, 0.2) is 148 Å². The fourth-order valence-corrected chi connectivity index (χ4v) is 1.80. The van der Waals surface area contributed by atoms with Gasteiger partial charge in [-0.05, 0) is 18.1 Å². The second-order valence-electron chi connectivity index (χ2n) is 6.73. The van der Waals surface area contributed by atoms with E-state index in [1.54, 1.807) is 19.1 Å². The summed E-state index contributed by atoms with van der Waals surface area (Å²) in [6.45, 7) is 22.1. The third-order valence-corrected chi connectivity index (χ3v) is 3.62. The van der Waals surface area contributed by atoms with Crippen LogP contribution in [-0.2, 0) is 19.1 Å². The number of allylic oxidation sites excluding steroid dienone is 5. The van der Waals surface area contributed by atoms with Gasteiger partial charge in [-0.1, -0.05) is 143 Å². The second-order valence-corrected chi connectivity index (χ2v) is 6.73. The third kappa shape index (κ3) is 30.8. The van der Waals surface area contributed by atoms with Gasteiger partial charge in [0.25, 0.3) is 0 Å². The molecule has 0 bridgehead atoms. The normalized spacial score (nSPS) is 8.44. The van der Waals surface area contributed by atoms with E-state index < -0.39 is 5.97 Å². The van der Waals surface area contributed by atoms with E-state index in [0.29, 0.717) is 5.57 Å². The first-order valence-corrected chi connectivity index (χ1v) is 11.6. The maximum absolute atomic E-state index is 10.5. The van der Waals surface area contributed by atoms with Crippen molar-refractivity contribution in [2.45, 2.75) is 6.92 Å². The molecule has 0 aliphatic rings. The van der Waals surface area contributed by atoms with E-state index in [0.717, 1.165) is 6.08 Å². The fraction of sp³-hybridized carbons (Fsp3) is 0.0882. The zero-order chi connectivity index (χ0) is 30.2. The van der Waals surface area contributed by atoms with Crippen molar-refractivity contribution in [2.75, 3.05) is 13.7 Å².